The Hall–Kier alpha value is -1.33. The Morgan fingerprint density at radius 3 is 3.07 bits per heavy atom. The number of nitrogens with one attached hydrogen (secondary N) is 1. The summed E-state index contributed by atoms with van der Waals surface area (Å²) in [6.45, 7) is 1.26. The van der Waals surface area contributed by atoms with Gasteiger partial charge in [0.25, 0.3) is 0 Å². The fourth-order valence-corrected chi connectivity index (χ4v) is 1.55. The number of carbonyl (C=O) groups is 1. The largest absolute Gasteiger partial charge is 0.340 e. The molecule has 0 saturated carbocycles. The van der Waals surface area contributed by atoms with E-state index in [2.05, 4.69) is 5.43 Å². The van der Waals surface area contributed by atoms with Gasteiger partial charge in [0.15, 0.2) is 0 Å². The lowest BCUT2D eigenvalue weighted by atomic mass is 10.3. The summed E-state index contributed by atoms with van der Waals surface area (Å²) in [7, 11) is 0. The minimum atomic E-state index is -0.0229. The number of allylic oxidation sites excluding steroid dienone is 2. The zero-order chi connectivity index (χ0) is 9.97. The van der Waals surface area contributed by atoms with E-state index in [1.807, 2.05) is 18.2 Å². The third-order valence-corrected chi connectivity index (χ3v) is 2.28. The minimum absolute atomic E-state index is 0.0101. The van der Waals surface area contributed by atoms with Gasteiger partial charge in [-0.15, -0.1) is 0 Å². The predicted molar refractivity (Wildman–Crippen MR) is 52.8 cm³/mol. The van der Waals surface area contributed by atoms with Gasteiger partial charge in [-0.25, -0.2) is 10.2 Å². The maximum absolute atomic E-state index is 11.7. The van der Waals surface area contributed by atoms with E-state index in [9.17, 15) is 4.79 Å². The van der Waals surface area contributed by atoms with Crippen molar-refractivity contribution < 1.29 is 4.79 Å². The van der Waals surface area contributed by atoms with Gasteiger partial charge in [-0.1, -0.05) is 6.08 Å². The molecule has 0 bridgehead atoms. The van der Waals surface area contributed by atoms with Crippen molar-refractivity contribution in [2.24, 2.45) is 5.73 Å². The Kier molecular flexibility index (Phi) is 2.51. The Balaban J connectivity index is 2.01. The number of hydrazine groups is 1. The summed E-state index contributed by atoms with van der Waals surface area (Å²) in [4.78, 5) is 13.4. The van der Waals surface area contributed by atoms with Gasteiger partial charge >= 0.3 is 6.03 Å². The average molecular weight is 194 g/mol. The van der Waals surface area contributed by atoms with Crippen LogP contribution in [0.4, 0.5) is 4.79 Å². The molecule has 0 aromatic rings. The first-order chi connectivity index (χ1) is 6.83. The second-order valence-electron chi connectivity index (χ2n) is 3.28. The molecule has 0 radical (unpaired) electrons. The van der Waals surface area contributed by atoms with E-state index >= 15 is 0 Å². The van der Waals surface area contributed by atoms with Gasteiger partial charge in [-0.05, 0) is 25.1 Å². The molecule has 1 fully saturated rings. The molecule has 1 atom stereocenters. The van der Waals surface area contributed by atoms with Gasteiger partial charge < -0.3 is 5.73 Å². The smallest absolute Gasteiger partial charge is 0.330 e. The molecule has 2 heterocycles. The maximum Gasteiger partial charge on any atom is 0.340 e. The van der Waals surface area contributed by atoms with E-state index in [4.69, 9.17) is 5.73 Å². The van der Waals surface area contributed by atoms with Crippen LogP contribution < -0.4 is 11.2 Å². The molecule has 0 aromatic carbocycles. The molecular formula is C9H14N4O. The average Bonchev–Trinajstić information content (AvgIpc) is 2.54. The molecule has 0 aromatic heterocycles. The molecule has 5 nitrogen and oxygen atoms in total. The van der Waals surface area contributed by atoms with Crippen LogP contribution in [0.25, 0.3) is 0 Å². The van der Waals surface area contributed by atoms with Crippen LogP contribution in [-0.2, 0) is 0 Å². The first-order valence-electron chi connectivity index (χ1n) is 4.74. The van der Waals surface area contributed by atoms with E-state index < -0.39 is 0 Å². The van der Waals surface area contributed by atoms with Crippen LogP contribution in [-0.4, -0.2) is 35.2 Å². The van der Waals surface area contributed by atoms with Crippen LogP contribution in [0.1, 0.15) is 6.42 Å². The molecule has 0 aliphatic carbocycles. The van der Waals surface area contributed by atoms with E-state index in [1.54, 1.807) is 16.1 Å². The van der Waals surface area contributed by atoms with Crippen LogP contribution in [0.3, 0.4) is 0 Å². The Bertz CT molecular complexity index is 287. The zero-order valence-corrected chi connectivity index (χ0v) is 7.89. The first kappa shape index (κ1) is 9.23. The Morgan fingerprint density at radius 1 is 1.50 bits per heavy atom. The van der Waals surface area contributed by atoms with Crippen LogP contribution in [0.5, 0.6) is 0 Å². The van der Waals surface area contributed by atoms with Crippen molar-refractivity contribution in [1.82, 2.24) is 15.3 Å². The molecule has 2 aliphatic heterocycles. The topological polar surface area (TPSA) is 61.6 Å². The number of carbonyl (C=O) groups excluding carboxylic acids is 1. The number of hydrogen-bond acceptors (Lipinski definition) is 3. The molecule has 3 N–H and O–H groups in total. The minimum Gasteiger partial charge on any atom is -0.330 e. The molecular weight excluding hydrogens is 180 g/mol. The lowest BCUT2D eigenvalue weighted by molar-refractivity contribution is 0.191. The number of nitrogens with zero attached hydrogens (tertiary/aromatic N) is 2. The summed E-state index contributed by atoms with van der Waals surface area (Å²) < 4.78 is 0. The standard InChI is InChI=1S/C9H14N4O/c10-5-3-7-13-9(14)12-6-2-1-4-8(12)11-13/h1-2,4,6,8,11H,3,5,7,10H2. The normalized spacial score (nSPS) is 24.6. The van der Waals surface area contributed by atoms with E-state index in [-0.39, 0.29) is 12.2 Å². The van der Waals surface area contributed by atoms with Crippen LogP contribution in [0.2, 0.25) is 0 Å². The monoisotopic (exact) mass is 194 g/mol. The zero-order valence-electron chi connectivity index (χ0n) is 7.89. The second-order valence-corrected chi connectivity index (χ2v) is 3.28. The molecule has 76 valence electrons. The number of nitrogens with two attached hydrogens (primary N) is 1. The molecule has 0 spiro atoms. The van der Waals surface area contributed by atoms with Crippen molar-refractivity contribution in [2.45, 2.75) is 12.6 Å². The molecule has 2 rings (SSSR count). The van der Waals surface area contributed by atoms with Crippen LogP contribution >= 0.6 is 0 Å². The van der Waals surface area contributed by atoms with Gasteiger partial charge in [-0.3, -0.25) is 9.91 Å². The Morgan fingerprint density at radius 2 is 2.36 bits per heavy atom. The highest BCUT2D eigenvalue weighted by molar-refractivity contribution is 5.78. The van der Waals surface area contributed by atoms with Gasteiger partial charge in [0.2, 0.25) is 0 Å². The van der Waals surface area contributed by atoms with Crippen molar-refractivity contribution >= 4 is 6.03 Å². The fourth-order valence-electron chi connectivity index (χ4n) is 1.55. The fraction of sp³-hybridized carbons (Fsp3) is 0.444. The van der Waals surface area contributed by atoms with E-state index in [0.717, 1.165) is 6.42 Å². The summed E-state index contributed by atoms with van der Waals surface area (Å²) in [5.74, 6) is 0. The molecule has 2 aliphatic rings. The van der Waals surface area contributed by atoms with Gasteiger partial charge in [-0.2, -0.15) is 0 Å². The summed E-state index contributed by atoms with van der Waals surface area (Å²) >= 11 is 0. The van der Waals surface area contributed by atoms with E-state index in [1.165, 1.54) is 0 Å². The molecule has 14 heavy (non-hydrogen) atoms. The first-order valence-corrected chi connectivity index (χ1v) is 4.74. The second kappa shape index (κ2) is 3.81. The summed E-state index contributed by atoms with van der Waals surface area (Å²) in [6, 6.07) is -0.0101. The van der Waals surface area contributed by atoms with Crippen LogP contribution in [0, 0.1) is 0 Å². The molecule has 5 heteroatoms. The number of amides is 2. The number of rotatable bonds is 3. The predicted octanol–water partition coefficient (Wildman–Crippen LogP) is -0.0130. The molecule has 1 unspecified atom stereocenters. The number of fused-ring (bicyclic) bond motifs is 1. The highest BCUT2D eigenvalue weighted by Crippen LogP contribution is 2.15. The SMILES string of the molecule is NCCCN1NC2C=CC=CN2C1=O. The third-order valence-electron chi connectivity index (χ3n) is 2.28. The number of urea groups is 1. The lowest BCUT2D eigenvalue weighted by Gasteiger charge is -2.16. The van der Waals surface area contributed by atoms with Gasteiger partial charge in [0.05, 0.1) is 0 Å². The van der Waals surface area contributed by atoms with Gasteiger partial charge in [0.1, 0.15) is 6.17 Å². The molecule has 2 amide bonds. The van der Waals surface area contributed by atoms with Gasteiger partial charge in [0, 0.05) is 12.7 Å². The quantitative estimate of drug-likeness (QED) is 0.664. The highest BCUT2D eigenvalue weighted by atomic mass is 16.2. The highest BCUT2D eigenvalue weighted by Gasteiger charge is 2.34. The third kappa shape index (κ3) is 1.51. The summed E-state index contributed by atoms with van der Waals surface area (Å²) in [5.41, 5.74) is 8.48. The van der Waals surface area contributed by atoms with Crippen molar-refractivity contribution in [3.63, 3.8) is 0 Å². The number of hydrogen-bond donors (Lipinski definition) is 2. The van der Waals surface area contributed by atoms with Crippen molar-refractivity contribution in [3.05, 3.63) is 24.4 Å². The summed E-state index contributed by atoms with van der Waals surface area (Å²) in [5, 5.41) is 1.61. The Labute approximate surface area is 82.8 Å². The van der Waals surface area contributed by atoms with Crippen LogP contribution in [0.15, 0.2) is 24.4 Å². The van der Waals surface area contributed by atoms with Crippen molar-refractivity contribution in [3.8, 4) is 0 Å². The molecule has 1 saturated heterocycles. The lowest BCUT2D eigenvalue weighted by Crippen LogP contribution is -2.37. The van der Waals surface area contributed by atoms with Crippen molar-refractivity contribution in [2.75, 3.05) is 13.1 Å². The summed E-state index contributed by atoms with van der Waals surface area (Å²) in [6.07, 6.45) is 8.29. The van der Waals surface area contributed by atoms with Crippen molar-refractivity contribution in [1.29, 1.82) is 0 Å². The van der Waals surface area contributed by atoms with E-state index in [0.29, 0.717) is 13.1 Å². The maximum atomic E-state index is 11.7.